The summed E-state index contributed by atoms with van der Waals surface area (Å²) in [6.45, 7) is 9.55. The topological polar surface area (TPSA) is 6.48 Å². The maximum absolute atomic E-state index is 2.44. The van der Waals surface area contributed by atoms with Crippen LogP contribution in [-0.2, 0) is 10.8 Å². The van der Waals surface area contributed by atoms with Crippen LogP contribution in [0, 0.1) is 0 Å². The number of hydrogen-bond donors (Lipinski definition) is 0. The molecule has 0 unspecified atom stereocenters. The van der Waals surface area contributed by atoms with Crippen molar-refractivity contribution in [2.45, 2.75) is 38.5 Å². The molecule has 14 aromatic rings. The van der Waals surface area contributed by atoms with Gasteiger partial charge in [0.05, 0.1) is 11.4 Å². The van der Waals surface area contributed by atoms with Gasteiger partial charge in [0.25, 0.3) is 0 Å². The van der Waals surface area contributed by atoms with Gasteiger partial charge in [0.15, 0.2) is 0 Å². The van der Waals surface area contributed by atoms with Crippen LogP contribution < -0.4 is 9.80 Å². The van der Waals surface area contributed by atoms with Crippen molar-refractivity contribution in [2.24, 2.45) is 0 Å². The summed E-state index contributed by atoms with van der Waals surface area (Å²) in [5, 5.41) is 7.34. The Morgan fingerprint density at radius 1 is 0.244 bits per heavy atom. The summed E-state index contributed by atoms with van der Waals surface area (Å²) in [5.41, 5.74) is 26.5. The molecule has 0 saturated heterocycles. The van der Waals surface area contributed by atoms with E-state index in [9.17, 15) is 0 Å². The molecule has 0 heterocycles. The Balaban J connectivity index is 0.669. The lowest BCUT2D eigenvalue weighted by Crippen LogP contribution is -2.17. The van der Waals surface area contributed by atoms with Crippen molar-refractivity contribution >= 4 is 90.7 Å². The molecule has 90 heavy (non-hydrogen) atoms. The van der Waals surface area contributed by atoms with Gasteiger partial charge in [-0.2, -0.15) is 0 Å². The largest absolute Gasteiger partial charge is 0.310 e. The van der Waals surface area contributed by atoms with E-state index in [2.05, 4.69) is 365 Å². The molecule has 428 valence electrons. The zero-order valence-corrected chi connectivity index (χ0v) is 51.1. The summed E-state index contributed by atoms with van der Waals surface area (Å²) in [6, 6.07) is 112. The predicted molar refractivity (Wildman–Crippen MR) is 385 cm³/mol. The number of rotatable bonds is 12. The highest BCUT2D eigenvalue weighted by atomic mass is 15.1. The zero-order chi connectivity index (χ0) is 60.5. The SMILES string of the molecule is CC1(C)c2cc(/C=C/c3ccc(/C=C/c4ccc5c(c4)C(C)(C)c4cc(N(c6ccc(-c7ccccc7)cc6)c6cccc7ccccc67)ccc4-5)c4ccccc34)ccc2-c2ccc(N(c3ccc(-c4ccccc4)cc3)c3cccc4ccccc34)cc21. The minimum atomic E-state index is -0.230. The third-order valence-corrected chi connectivity index (χ3v) is 19.3. The molecule has 0 spiro atoms. The molecule has 0 saturated carbocycles. The molecule has 0 atom stereocenters. The monoisotopic (exact) mass is 1150 g/mol. The number of fused-ring (bicyclic) bond motifs is 9. The van der Waals surface area contributed by atoms with Crippen molar-refractivity contribution in [3.05, 3.63) is 348 Å². The van der Waals surface area contributed by atoms with Crippen LogP contribution in [0.1, 0.15) is 72.2 Å². The molecular formula is C88H66N2. The molecule has 0 radical (unpaired) electrons. The smallest absolute Gasteiger partial charge is 0.0540 e. The predicted octanol–water partition coefficient (Wildman–Crippen LogP) is 24.4. The maximum Gasteiger partial charge on any atom is 0.0540 e. The van der Waals surface area contributed by atoms with Crippen molar-refractivity contribution in [1.29, 1.82) is 0 Å². The average Bonchev–Trinajstić information content (AvgIpc) is 1.63. The van der Waals surface area contributed by atoms with E-state index in [1.165, 1.54) is 121 Å². The zero-order valence-electron chi connectivity index (χ0n) is 51.1. The van der Waals surface area contributed by atoms with Gasteiger partial charge in [0, 0.05) is 44.4 Å². The standard InChI is InChI=1S/C88H66N2/c1-87(2)81-55-59(35-51-77(81)79-53-49-71(57-83(79)87)89(85-31-17-25-65-23-11-13-29-75(65)85)69-45-41-63(42-46-69)61-19-7-5-8-20-61)33-37-67-39-40-68(74-28-16-15-27-73(67)74)38-34-60-36-52-78-80-54-50-72(58-84(80)88(3,4)82(78)56-60)90(86-32-18-26-66-24-12-14-30-76(66)86)70-47-43-64(44-48-70)62-21-9-6-10-22-62/h5-58H,1-4H3/b37-33+,38-34+. The normalized spacial score (nSPS) is 13.4. The lowest BCUT2D eigenvalue weighted by molar-refractivity contribution is 0.660. The Morgan fingerprint density at radius 3 is 0.978 bits per heavy atom. The second kappa shape index (κ2) is 22.0. The fourth-order valence-electron chi connectivity index (χ4n) is 14.5. The van der Waals surface area contributed by atoms with Crippen LogP contribution in [-0.4, -0.2) is 0 Å². The molecule has 0 fully saturated rings. The van der Waals surface area contributed by atoms with E-state index in [0.29, 0.717) is 0 Å². The third kappa shape index (κ3) is 9.43. The molecule has 14 aromatic carbocycles. The van der Waals surface area contributed by atoms with Gasteiger partial charge < -0.3 is 9.80 Å². The summed E-state index contributed by atoms with van der Waals surface area (Å²) < 4.78 is 0. The van der Waals surface area contributed by atoms with Crippen LogP contribution in [0.5, 0.6) is 0 Å². The lowest BCUT2D eigenvalue weighted by atomic mass is 9.81. The first-order valence-electron chi connectivity index (χ1n) is 31.5. The molecule has 2 aliphatic rings. The van der Waals surface area contributed by atoms with Gasteiger partial charge in [-0.25, -0.2) is 0 Å². The van der Waals surface area contributed by atoms with Gasteiger partial charge in [-0.05, 0) is 171 Å². The molecule has 16 rings (SSSR count). The third-order valence-electron chi connectivity index (χ3n) is 19.3. The molecule has 2 nitrogen and oxygen atoms in total. The summed E-state index contributed by atoms with van der Waals surface area (Å²) in [6.07, 6.45) is 9.18. The minimum absolute atomic E-state index is 0.230. The van der Waals surface area contributed by atoms with Gasteiger partial charge in [0.1, 0.15) is 0 Å². The second-order valence-corrected chi connectivity index (χ2v) is 25.3. The number of hydrogen-bond acceptors (Lipinski definition) is 2. The summed E-state index contributed by atoms with van der Waals surface area (Å²) in [5.74, 6) is 0. The summed E-state index contributed by atoms with van der Waals surface area (Å²) in [4.78, 5) is 4.87. The molecular weight excluding hydrogens is 1080 g/mol. The fourth-order valence-corrected chi connectivity index (χ4v) is 14.5. The minimum Gasteiger partial charge on any atom is -0.310 e. The first-order valence-corrected chi connectivity index (χ1v) is 31.5. The molecule has 0 N–H and O–H groups in total. The van der Waals surface area contributed by atoms with E-state index in [1.54, 1.807) is 0 Å². The maximum atomic E-state index is 2.44. The van der Waals surface area contributed by atoms with Crippen molar-refractivity contribution < 1.29 is 0 Å². The first-order chi connectivity index (χ1) is 44.1. The van der Waals surface area contributed by atoms with Gasteiger partial charge >= 0.3 is 0 Å². The van der Waals surface area contributed by atoms with Crippen molar-refractivity contribution in [2.75, 3.05) is 9.80 Å². The van der Waals surface area contributed by atoms with E-state index < -0.39 is 0 Å². The van der Waals surface area contributed by atoms with Gasteiger partial charge in [-0.3, -0.25) is 0 Å². The first kappa shape index (κ1) is 54.3. The summed E-state index contributed by atoms with van der Waals surface area (Å²) >= 11 is 0. The molecule has 0 bridgehead atoms. The fraction of sp³-hybridized carbons (Fsp3) is 0.0682. The highest BCUT2D eigenvalue weighted by Gasteiger charge is 2.38. The number of benzene rings is 14. The van der Waals surface area contributed by atoms with E-state index in [0.717, 1.165) is 34.1 Å². The van der Waals surface area contributed by atoms with Gasteiger partial charge in [-0.15, -0.1) is 0 Å². The molecule has 2 aliphatic carbocycles. The Bertz CT molecular complexity index is 4830. The average molecular weight is 1150 g/mol. The Labute approximate surface area is 528 Å². The Morgan fingerprint density at radius 2 is 0.567 bits per heavy atom. The Hall–Kier alpha value is -11.1. The van der Waals surface area contributed by atoms with Crippen molar-refractivity contribution in [3.8, 4) is 44.5 Å². The summed E-state index contributed by atoms with van der Waals surface area (Å²) in [7, 11) is 0. The van der Waals surface area contributed by atoms with Crippen molar-refractivity contribution in [1.82, 2.24) is 0 Å². The number of anilines is 6. The van der Waals surface area contributed by atoms with Gasteiger partial charge in [0.2, 0.25) is 0 Å². The second-order valence-electron chi connectivity index (χ2n) is 25.3. The van der Waals surface area contributed by atoms with E-state index in [-0.39, 0.29) is 10.8 Å². The van der Waals surface area contributed by atoms with Crippen LogP contribution in [0.15, 0.2) is 303 Å². The molecule has 0 aromatic heterocycles. The quantitative estimate of drug-likeness (QED) is 0.113. The van der Waals surface area contributed by atoms with E-state index in [1.807, 2.05) is 0 Å². The van der Waals surface area contributed by atoms with Crippen LogP contribution in [0.4, 0.5) is 34.1 Å². The van der Waals surface area contributed by atoms with Crippen LogP contribution in [0.25, 0.3) is 101 Å². The highest BCUT2D eigenvalue weighted by molar-refractivity contribution is 6.03. The Kier molecular flexibility index (Phi) is 13.3. The van der Waals surface area contributed by atoms with Crippen molar-refractivity contribution in [3.63, 3.8) is 0 Å². The van der Waals surface area contributed by atoms with Crippen LogP contribution in [0.2, 0.25) is 0 Å². The molecule has 0 amide bonds. The van der Waals surface area contributed by atoms with Gasteiger partial charge in [-0.1, -0.05) is 295 Å². The van der Waals surface area contributed by atoms with Crippen LogP contribution >= 0.6 is 0 Å². The van der Waals surface area contributed by atoms with E-state index in [4.69, 9.17) is 0 Å². The molecule has 0 aliphatic heterocycles. The lowest BCUT2D eigenvalue weighted by Gasteiger charge is -2.29. The highest BCUT2D eigenvalue weighted by Crippen LogP contribution is 2.54. The number of nitrogens with zero attached hydrogens (tertiary/aromatic N) is 2. The molecule has 2 heteroatoms. The van der Waals surface area contributed by atoms with Crippen LogP contribution in [0.3, 0.4) is 0 Å². The van der Waals surface area contributed by atoms with E-state index >= 15 is 0 Å².